The van der Waals surface area contributed by atoms with Gasteiger partial charge >= 0.3 is 6.03 Å². The highest BCUT2D eigenvalue weighted by atomic mass is 35.5. The summed E-state index contributed by atoms with van der Waals surface area (Å²) in [6.07, 6.45) is 0. The van der Waals surface area contributed by atoms with Gasteiger partial charge in [-0.3, -0.25) is 9.69 Å². The average molecular weight is 366 g/mol. The van der Waals surface area contributed by atoms with Gasteiger partial charge in [0.1, 0.15) is 0 Å². The molecule has 1 aromatic carbocycles. The molecule has 25 heavy (non-hydrogen) atoms. The fraction of sp³-hybridized carbons (Fsp3) is 0.471. The molecule has 0 fully saturated rings. The number of hydrogen-bond acceptors (Lipinski definition) is 4. The number of carbonyl (C=O) groups is 2. The second-order valence-electron chi connectivity index (χ2n) is 6.48. The standard InChI is InChI=1S/C17H24ClN5O2/c1-10(2)22(11(3)4)7-8-23-14-6-5-12(18)9-13(14)15(16(23)24)20-21-17(19)25/h5-6,9-11H,7-8H2,1-4H3,(H3,19,21,25)/b20-15+. The van der Waals surface area contributed by atoms with Crippen molar-refractivity contribution in [3.8, 4) is 0 Å². The lowest BCUT2D eigenvalue weighted by molar-refractivity contribution is -0.112. The monoisotopic (exact) mass is 365 g/mol. The Morgan fingerprint density at radius 3 is 2.52 bits per heavy atom. The molecule has 0 radical (unpaired) electrons. The largest absolute Gasteiger partial charge is 0.350 e. The van der Waals surface area contributed by atoms with E-state index in [1.165, 1.54) is 0 Å². The number of hydrazone groups is 1. The van der Waals surface area contributed by atoms with Crippen LogP contribution < -0.4 is 16.1 Å². The summed E-state index contributed by atoms with van der Waals surface area (Å²) in [6.45, 7) is 9.75. The number of carbonyl (C=O) groups excluding carboxylic acids is 2. The fourth-order valence-electron chi connectivity index (χ4n) is 3.05. The molecule has 1 aliphatic heterocycles. The van der Waals surface area contributed by atoms with Gasteiger partial charge in [0.25, 0.3) is 5.91 Å². The second-order valence-corrected chi connectivity index (χ2v) is 6.92. The third-order valence-electron chi connectivity index (χ3n) is 4.14. The molecular weight excluding hydrogens is 342 g/mol. The maximum absolute atomic E-state index is 12.8. The number of benzene rings is 1. The van der Waals surface area contributed by atoms with Gasteiger partial charge in [-0.15, -0.1) is 0 Å². The molecule has 0 aromatic heterocycles. The first-order chi connectivity index (χ1) is 11.7. The quantitative estimate of drug-likeness (QED) is 0.757. The van der Waals surface area contributed by atoms with Crippen LogP contribution in [0.25, 0.3) is 0 Å². The molecule has 1 heterocycles. The molecular formula is C17H24ClN5O2. The second kappa shape index (κ2) is 7.84. The van der Waals surface area contributed by atoms with Gasteiger partial charge in [0.2, 0.25) is 0 Å². The Bertz CT molecular complexity index is 694. The van der Waals surface area contributed by atoms with Gasteiger partial charge in [-0.1, -0.05) is 11.6 Å². The van der Waals surface area contributed by atoms with Crippen molar-refractivity contribution in [3.63, 3.8) is 0 Å². The molecule has 136 valence electrons. The van der Waals surface area contributed by atoms with Gasteiger partial charge in [-0.2, -0.15) is 5.10 Å². The predicted molar refractivity (Wildman–Crippen MR) is 100 cm³/mol. The van der Waals surface area contributed by atoms with E-state index in [1.54, 1.807) is 23.1 Å². The highest BCUT2D eigenvalue weighted by Gasteiger charge is 2.34. The number of urea groups is 1. The van der Waals surface area contributed by atoms with Crippen molar-refractivity contribution in [3.05, 3.63) is 28.8 Å². The minimum atomic E-state index is -0.826. The molecule has 3 amide bonds. The molecule has 1 aliphatic rings. The third kappa shape index (κ3) is 4.29. The van der Waals surface area contributed by atoms with Crippen LogP contribution in [0, 0.1) is 0 Å². The van der Waals surface area contributed by atoms with E-state index in [1.807, 2.05) is 0 Å². The molecule has 3 N–H and O–H groups in total. The molecule has 0 unspecified atom stereocenters. The summed E-state index contributed by atoms with van der Waals surface area (Å²) in [4.78, 5) is 27.7. The summed E-state index contributed by atoms with van der Waals surface area (Å²) in [5.41, 5.74) is 8.63. The molecule has 0 bridgehead atoms. The van der Waals surface area contributed by atoms with Gasteiger partial charge in [-0.25, -0.2) is 10.2 Å². The van der Waals surface area contributed by atoms with E-state index in [4.69, 9.17) is 17.3 Å². The Kier molecular flexibility index (Phi) is 6.02. The summed E-state index contributed by atoms with van der Waals surface area (Å²) < 4.78 is 0. The van der Waals surface area contributed by atoms with Crippen LogP contribution in [0.2, 0.25) is 5.02 Å². The van der Waals surface area contributed by atoms with Gasteiger partial charge in [0.15, 0.2) is 5.71 Å². The average Bonchev–Trinajstić information content (AvgIpc) is 2.76. The van der Waals surface area contributed by atoms with Crippen molar-refractivity contribution in [2.24, 2.45) is 10.8 Å². The van der Waals surface area contributed by atoms with Crippen LogP contribution >= 0.6 is 11.6 Å². The minimum Gasteiger partial charge on any atom is -0.350 e. The number of halogens is 1. The number of fused-ring (bicyclic) bond motifs is 1. The molecule has 0 saturated carbocycles. The summed E-state index contributed by atoms with van der Waals surface area (Å²) >= 11 is 6.05. The Morgan fingerprint density at radius 2 is 1.96 bits per heavy atom. The van der Waals surface area contributed by atoms with Crippen molar-refractivity contribution in [1.29, 1.82) is 0 Å². The maximum Gasteiger partial charge on any atom is 0.332 e. The number of amides is 3. The molecule has 0 spiro atoms. The number of rotatable bonds is 6. The highest BCUT2D eigenvalue weighted by molar-refractivity contribution is 6.54. The van der Waals surface area contributed by atoms with E-state index in [9.17, 15) is 9.59 Å². The zero-order chi connectivity index (χ0) is 18.7. The van der Waals surface area contributed by atoms with Crippen molar-refractivity contribution < 1.29 is 9.59 Å². The van der Waals surface area contributed by atoms with E-state index in [0.717, 1.165) is 12.2 Å². The van der Waals surface area contributed by atoms with Crippen molar-refractivity contribution in [2.75, 3.05) is 18.0 Å². The molecule has 2 rings (SSSR count). The van der Waals surface area contributed by atoms with Crippen LogP contribution in [0.4, 0.5) is 10.5 Å². The summed E-state index contributed by atoms with van der Waals surface area (Å²) in [5, 5.41) is 4.35. The molecule has 8 heteroatoms. The number of nitrogens with zero attached hydrogens (tertiary/aromatic N) is 3. The third-order valence-corrected chi connectivity index (χ3v) is 4.37. The van der Waals surface area contributed by atoms with E-state index in [2.05, 4.69) is 43.1 Å². The Labute approximate surface area is 152 Å². The smallest absolute Gasteiger partial charge is 0.332 e. The van der Waals surface area contributed by atoms with E-state index in [0.29, 0.717) is 29.2 Å². The van der Waals surface area contributed by atoms with Crippen LogP contribution in [0.3, 0.4) is 0 Å². The molecule has 0 saturated heterocycles. The number of primary amides is 1. The first-order valence-electron chi connectivity index (χ1n) is 8.23. The van der Waals surface area contributed by atoms with Crippen molar-refractivity contribution in [1.82, 2.24) is 10.3 Å². The maximum atomic E-state index is 12.8. The zero-order valence-corrected chi connectivity index (χ0v) is 15.7. The summed E-state index contributed by atoms with van der Waals surface area (Å²) in [6, 6.07) is 5.09. The number of nitrogens with one attached hydrogen (secondary N) is 1. The zero-order valence-electron chi connectivity index (χ0n) is 14.9. The Balaban J connectivity index is 2.29. The van der Waals surface area contributed by atoms with Gasteiger partial charge in [-0.05, 0) is 45.9 Å². The summed E-state index contributed by atoms with van der Waals surface area (Å²) in [7, 11) is 0. The molecule has 0 aliphatic carbocycles. The van der Waals surface area contributed by atoms with Crippen LogP contribution in [0.1, 0.15) is 33.3 Å². The SMILES string of the molecule is CC(C)N(CCN1C(=O)/C(=N/NC(N)=O)c2cc(Cl)ccc21)C(C)C. The lowest BCUT2D eigenvalue weighted by Gasteiger charge is -2.32. The topological polar surface area (TPSA) is 91.0 Å². The lowest BCUT2D eigenvalue weighted by Crippen LogP contribution is -2.44. The van der Waals surface area contributed by atoms with Crippen molar-refractivity contribution >= 4 is 34.9 Å². The predicted octanol–water partition coefficient (Wildman–Crippen LogP) is 2.18. The van der Waals surface area contributed by atoms with Crippen LogP contribution in [0.15, 0.2) is 23.3 Å². The van der Waals surface area contributed by atoms with Crippen LogP contribution in [-0.2, 0) is 4.79 Å². The number of nitrogens with two attached hydrogens (primary N) is 1. The van der Waals surface area contributed by atoms with Gasteiger partial charge in [0, 0.05) is 35.8 Å². The minimum absolute atomic E-state index is 0.136. The molecule has 0 atom stereocenters. The normalized spacial score (nSPS) is 15.6. The molecule has 1 aromatic rings. The Hall–Kier alpha value is -2.12. The highest BCUT2D eigenvalue weighted by Crippen LogP contribution is 2.31. The Morgan fingerprint density at radius 1 is 1.32 bits per heavy atom. The van der Waals surface area contributed by atoms with Gasteiger partial charge in [0.05, 0.1) is 5.69 Å². The van der Waals surface area contributed by atoms with E-state index < -0.39 is 6.03 Å². The summed E-state index contributed by atoms with van der Waals surface area (Å²) in [5.74, 6) is -0.279. The van der Waals surface area contributed by atoms with Crippen molar-refractivity contribution in [2.45, 2.75) is 39.8 Å². The van der Waals surface area contributed by atoms with E-state index in [-0.39, 0.29) is 11.6 Å². The lowest BCUT2D eigenvalue weighted by atomic mass is 10.1. The van der Waals surface area contributed by atoms with Gasteiger partial charge < -0.3 is 10.6 Å². The number of anilines is 1. The fourth-order valence-corrected chi connectivity index (χ4v) is 3.23. The molecule has 7 nitrogen and oxygen atoms in total. The first kappa shape index (κ1) is 19.2. The van der Waals surface area contributed by atoms with Crippen LogP contribution in [0.5, 0.6) is 0 Å². The van der Waals surface area contributed by atoms with E-state index >= 15 is 0 Å². The number of hydrogen-bond donors (Lipinski definition) is 2. The first-order valence-corrected chi connectivity index (χ1v) is 8.60. The van der Waals surface area contributed by atoms with Crippen LogP contribution in [-0.4, -0.2) is 47.7 Å².